The molecule has 0 saturated carbocycles. The summed E-state index contributed by atoms with van der Waals surface area (Å²) in [5.74, 6) is -4.79. The van der Waals surface area contributed by atoms with Crippen molar-refractivity contribution in [2.24, 2.45) is 0 Å². The molecule has 2 aliphatic heterocycles. The third-order valence-corrected chi connectivity index (χ3v) is 6.71. The van der Waals surface area contributed by atoms with Crippen LogP contribution in [-0.2, 0) is 41.6 Å². The topological polar surface area (TPSA) is 200 Å². The van der Waals surface area contributed by atoms with Crippen LogP contribution in [0, 0.1) is 0 Å². The van der Waals surface area contributed by atoms with E-state index in [1.165, 1.54) is 6.92 Å². The maximum absolute atomic E-state index is 13.4. The van der Waals surface area contributed by atoms with Gasteiger partial charge in [0.15, 0.2) is 0 Å². The van der Waals surface area contributed by atoms with Gasteiger partial charge in [0.25, 0.3) is 0 Å². The summed E-state index contributed by atoms with van der Waals surface area (Å²) in [6, 6.07) is 8.35. The Labute approximate surface area is 246 Å². The molecule has 2 aliphatic rings. The van der Waals surface area contributed by atoms with Crippen LogP contribution in [0.25, 0.3) is 0 Å². The number of carbonyl (C=O) groups is 6. The van der Waals surface area contributed by atoms with E-state index >= 15 is 0 Å². The average molecular weight is 601 g/mol. The van der Waals surface area contributed by atoms with Gasteiger partial charge in [-0.05, 0) is 41.8 Å². The van der Waals surface area contributed by atoms with Crippen molar-refractivity contribution in [2.45, 2.75) is 56.8 Å². The summed E-state index contributed by atoms with van der Waals surface area (Å²) in [6.45, 7) is 1.23. The maximum Gasteiger partial charge on any atom is 0.327 e. The van der Waals surface area contributed by atoms with Crippen molar-refractivity contribution in [3.05, 3.63) is 59.7 Å². The molecule has 2 aromatic carbocycles. The number of aliphatic carboxylic acids is 2. The SMILES string of the molecule is CC(=O)N[C@H]1Cc2ccc(cc2)Oc2cccc(c2)CC(C(=O)N[C@@H](CS)C(=O)O)NC(=O)C(CCC(=O)O)NC1=O. The van der Waals surface area contributed by atoms with Gasteiger partial charge in [-0.2, -0.15) is 12.6 Å². The number of thiol groups is 1. The molecule has 4 atom stereocenters. The fraction of sp³-hybridized carbons (Fsp3) is 0.357. The van der Waals surface area contributed by atoms with Crippen molar-refractivity contribution in [3.8, 4) is 11.5 Å². The highest BCUT2D eigenvalue weighted by molar-refractivity contribution is 7.80. The highest BCUT2D eigenvalue weighted by Crippen LogP contribution is 2.24. The number of ether oxygens (including phenoxy) is 1. The van der Waals surface area contributed by atoms with Crippen LogP contribution in [0.2, 0.25) is 0 Å². The van der Waals surface area contributed by atoms with E-state index < -0.39 is 66.2 Å². The Kier molecular flexibility index (Phi) is 11.3. The lowest BCUT2D eigenvalue weighted by atomic mass is 10.0. The zero-order valence-electron chi connectivity index (χ0n) is 22.7. The van der Waals surface area contributed by atoms with Crippen LogP contribution in [0.1, 0.15) is 30.9 Å². The van der Waals surface area contributed by atoms with Crippen LogP contribution in [0.3, 0.4) is 0 Å². The number of rotatable bonds is 8. The lowest BCUT2D eigenvalue weighted by Crippen LogP contribution is -2.58. The Morgan fingerprint density at radius 3 is 2.31 bits per heavy atom. The fourth-order valence-electron chi connectivity index (χ4n) is 4.24. The standard InChI is InChI=1S/C28H32N4O9S/c1-15(33)29-21-12-16-5-7-18(8-6-16)41-19-4-2-3-17(11-19)13-22(27(38)32-23(14-42)28(39)40)31-25(36)20(30-26(21)37)9-10-24(34)35/h2-8,11,20-23,42H,9-10,12-14H2,1H3,(H,29,33)(H,30,37)(H,31,36)(H,32,38)(H,34,35)(H,39,40)/t20?,21-,22?,23-/m0/s1. The third kappa shape index (κ3) is 9.51. The molecule has 6 N–H and O–H groups in total. The molecule has 2 heterocycles. The lowest BCUT2D eigenvalue weighted by molar-refractivity contribution is -0.141. The van der Waals surface area contributed by atoms with E-state index in [-0.39, 0.29) is 25.0 Å². The molecule has 0 saturated heterocycles. The monoisotopic (exact) mass is 600 g/mol. The van der Waals surface area contributed by atoms with E-state index in [4.69, 9.17) is 4.74 Å². The fourth-order valence-corrected chi connectivity index (χ4v) is 4.49. The summed E-state index contributed by atoms with van der Waals surface area (Å²) in [6.07, 6.45) is -0.845. The van der Waals surface area contributed by atoms with Gasteiger partial charge in [0.05, 0.1) is 0 Å². The molecular formula is C28H32N4O9S. The molecule has 2 aromatic rings. The van der Waals surface area contributed by atoms with Crippen molar-refractivity contribution in [1.82, 2.24) is 21.3 Å². The highest BCUT2D eigenvalue weighted by atomic mass is 32.1. The van der Waals surface area contributed by atoms with Gasteiger partial charge < -0.3 is 36.2 Å². The van der Waals surface area contributed by atoms with Crippen LogP contribution in [0.15, 0.2) is 48.5 Å². The van der Waals surface area contributed by atoms with E-state index in [0.29, 0.717) is 22.6 Å². The molecule has 0 spiro atoms. The van der Waals surface area contributed by atoms with E-state index in [9.17, 15) is 39.0 Å². The van der Waals surface area contributed by atoms with E-state index in [2.05, 4.69) is 33.9 Å². The second-order valence-corrected chi connectivity index (χ2v) is 10.1. The van der Waals surface area contributed by atoms with Gasteiger partial charge >= 0.3 is 11.9 Å². The molecule has 14 heteroatoms. The second kappa shape index (κ2) is 14.9. The summed E-state index contributed by atoms with van der Waals surface area (Å²) in [4.78, 5) is 74.6. The number of benzene rings is 2. The van der Waals surface area contributed by atoms with Gasteiger partial charge in [0.2, 0.25) is 23.6 Å². The number of hydrogen-bond donors (Lipinski definition) is 7. The number of carbonyl (C=O) groups excluding carboxylic acids is 4. The number of carboxylic acid groups (broad SMARTS) is 2. The number of amides is 4. The van der Waals surface area contributed by atoms with E-state index in [1.807, 2.05) is 0 Å². The van der Waals surface area contributed by atoms with Gasteiger partial charge in [-0.15, -0.1) is 0 Å². The van der Waals surface area contributed by atoms with Crippen LogP contribution < -0.4 is 26.0 Å². The van der Waals surface area contributed by atoms with Crippen molar-refractivity contribution in [3.63, 3.8) is 0 Å². The number of hydrogen-bond acceptors (Lipinski definition) is 8. The first-order valence-electron chi connectivity index (χ1n) is 13.0. The molecule has 224 valence electrons. The van der Waals surface area contributed by atoms with Gasteiger partial charge in [0.1, 0.15) is 35.7 Å². The zero-order chi connectivity index (χ0) is 30.8. The number of nitrogens with one attached hydrogen (secondary N) is 4. The third-order valence-electron chi connectivity index (χ3n) is 6.34. The molecule has 0 aliphatic carbocycles. The first-order valence-corrected chi connectivity index (χ1v) is 13.7. The Morgan fingerprint density at radius 2 is 1.69 bits per heavy atom. The summed E-state index contributed by atoms with van der Waals surface area (Å²) in [5, 5.41) is 28.5. The van der Waals surface area contributed by atoms with Crippen LogP contribution in [0.4, 0.5) is 0 Å². The van der Waals surface area contributed by atoms with Crippen LogP contribution in [0.5, 0.6) is 11.5 Å². The van der Waals surface area contributed by atoms with Gasteiger partial charge in [-0.25, -0.2) is 4.79 Å². The highest BCUT2D eigenvalue weighted by Gasteiger charge is 2.31. The first kappa shape index (κ1) is 31.9. The van der Waals surface area contributed by atoms with Gasteiger partial charge in [-0.1, -0.05) is 24.3 Å². The summed E-state index contributed by atoms with van der Waals surface area (Å²) >= 11 is 3.96. The largest absolute Gasteiger partial charge is 0.481 e. The molecular weight excluding hydrogens is 568 g/mol. The van der Waals surface area contributed by atoms with Crippen molar-refractivity contribution >= 4 is 48.2 Å². The van der Waals surface area contributed by atoms with Gasteiger partial charge in [0, 0.05) is 31.9 Å². The van der Waals surface area contributed by atoms with Crippen molar-refractivity contribution in [2.75, 3.05) is 5.75 Å². The second-order valence-electron chi connectivity index (χ2n) is 9.69. The predicted molar refractivity (Wildman–Crippen MR) is 152 cm³/mol. The Balaban J connectivity index is 2.04. The molecule has 0 fully saturated rings. The minimum Gasteiger partial charge on any atom is -0.481 e. The molecule has 4 amide bonds. The molecule has 4 bridgehead atoms. The van der Waals surface area contributed by atoms with Crippen LogP contribution in [-0.4, -0.2) is 75.7 Å². The minimum atomic E-state index is -1.40. The summed E-state index contributed by atoms with van der Waals surface area (Å²) < 4.78 is 5.93. The smallest absolute Gasteiger partial charge is 0.327 e. The Morgan fingerprint density at radius 1 is 0.976 bits per heavy atom. The molecule has 0 radical (unpaired) electrons. The van der Waals surface area contributed by atoms with Crippen LogP contribution >= 0.6 is 12.6 Å². The maximum atomic E-state index is 13.4. The summed E-state index contributed by atoms with van der Waals surface area (Å²) in [7, 11) is 0. The minimum absolute atomic E-state index is 0.0553. The van der Waals surface area contributed by atoms with E-state index in [0.717, 1.165) is 0 Å². The van der Waals surface area contributed by atoms with Crippen molar-refractivity contribution < 1.29 is 43.7 Å². The van der Waals surface area contributed by atoms with Gasteiger partial charge in [-0.3, -0.25) is 24.0 Å². The quantitative estimate of drug-likeness (QED) is 0.210. The zero-order valence-corrected chi connectivity index (χ0v) is 23.6. The first-order chi connectivity index (χ1) is 19.9. The summed E-state index contributed by atoms with van der Waals surface area (Å²) in [5.41, 5.74) is 1.23. The predicted octanol–water partition coefficient (Wildman–Crippen LogP) is 0.416. The lowest BCUT2D eigenvalue weighted by Gasteiger charge is -2.26. The van der Waals surface area contributed by atoms with Crippen molar-refractivity contribution in [1.29, 1.82) is 0 Å². The van der Waals surface area contributed by atoms with E-state index in [1.54, 1.807) is 48.5 Å². The molecule has 13 nitrogen and oxygen atoms in total. The number of carboxylic acids is 2. The Bertz CT molecular complexity index is 1330. The Hall–Kier alpha value is -4.59. The molecule has 2 unspecified atom stereocenters. The average Bonchev–Trinajstić information content (AvgIpc) is 2.93. The molecule has 42 heavy (non-hydrogen) atoms. The molecule has 4 rings (SSSR count). The number of fused-ring (bicyclic) bond motifs is 10. The normalized spacial score (nSPS) is 19.7. The molecule has 0 aromatic heterocycles.